The zero-order valence-corrected chi connectivity index (χ0v) is 13.1. The van der Waals surface area contributed by atoms with Crippen molar-refractivity contribution >= 4 is 27.5 Å². The van der Waals surface area contributed by atoms with Crippen LogP contribution in [-0.4, -0.2) is 0 Å². The lowest BCUT2D eigenvalue weighted by atomic mass is 10.1. The maximum atomic E-state index is 13.8. The summed E-state index contributed by atoms with van der Waals surface area (Å²) in [6, 6.07) is 9.90. The second kappa shape index (κ2) is 6.66. The van der Waals surface area contributed by atoms with Gasteiger partial charge in [0.2, 0.25) is 0 Å². The Labute approximate surface area is 130 Å². The summed E-state index contributed by atoms with van der Waals surface area (Å²) < 4.78 is 27.7. The first kappa shape index (κ1) is 15.4. The van der Waals surface area contributed by atoms with Crippen molar-refractivity contribution in [2.45, 2.75) is 19.5 Å². The van der Waals surface area contributed by atoms with Crippen molar-refractivity contribution in [2.24, 2.45) is 0 Å². The fourth-order valence-electron chi connectivity index (χ4n) is 1.88. The highest BCUT2D eigenvalue weighted by Gasteiger charge is 2.13. The molecular weight excluding hydrogens is 348 g/mol. The molecule has 2 aromatic rings. The van der Waals surface area contributed by atoms with E-state index in [2.05, 4.69) is 21.2 Å². The van der Waals surface area contributed by atoms with Gasteiger partial charge >= 0.3 is 0 Å². The first-order valence-electron chi connectivity index (χ1n) is 6.10. The summed E-state index contributed by atoms with van der Waals surface area (Å²) in [5.74, 6) is -1.13. The number of hydrogen-bond acceptors (Lipinski definition) is 1. The van der Waals surface area contributed by atoms with Crippen molar-refractivity contribution < 1.29 is 8.78 Å². The minimum absolute atomic E-state index is 0.0215. The van der Waals surface area contributed by atoms with Gasteiger partial charge in [0.1, 0.15) is 11.6 Å². The van der Waals surface area contributed by atoms with E-state index in [0.29, 0.717) is 5.02 Å². The molecule has 1 nitrogen and oxygen atoms in total. The van der Waals surface area contributed by atoms with Crippen LogP contribution in [0, 0.1) is 11.6 Å². The van der Waals surface area contributed by atoms with Gasteiger partial charge in [-0.05, 0) is 52.7 Å². The van der Waals surface area contributed by atoms with Crippen LogP contribution < -0.4 is 5.32 Å². The first-order valence-corrected chi connectivity index (χ1v) is 7.27. The maximum Gasteiger partial charge on any atom is 0.144 e. The van der Waals surface area contributed by atoms with E-state index in [1.165, 1.54) is 12.1 Å². The summed E-state index contributed by atoms with van der Waals surface area (Å²) in [7, 11) is 0. The van der Waals surface area contributed by atoms with Crippen molar-refractivity contribution in [1.29, 1.82) is 0 Å². The molecule has 0 radical (unpaired) electrons. The highest BCUT2D eigenvalue weighted by atomic mass is 79.9. The van der Waals surface area contributed by atoms with Gasteiger partial charge in [0.05, 0.1) is 4.47 Å². The van der Waals surface area contributed by atoms with Crippen LogP contribution in [0.2, 0.25) is 5.02 Å². The van der Waals surface area contributed by atoms with Crippen LogP contribution in [0.15, 0.2) is 40.9 Å². The molecule has 0 fully saturated rings. The van der Waals surface area contributed by atoms with Gasteiger partial charge in [-0.15, -0.1) is 0 Å². The van der Waals surface area contributed by atoms with Gasteiger partial charge in [0.25, 0.3) is 0 Å². The van der Waals surface area contributed by atoms with Gasteiger partial charge in [-0.1, -0.05) is 23.7 Å². The summed E-state index contributed by atoms with van der Waals surface area (Å²) >= 11 is 8.98. The molecule has 2 aromatic carbocycles. The van der Waals surface area contributed by atoms with Gasteiger partial charge < -0.3 is 5.32 Å². The zero-order valence-electron chi connectivity index (χ0n) is 10.8. The number of hydrogen-bond donors (Lipinski definition) is 1. The Bertz CT molecular complexity index is 619. The van der Waals surface area contributed by atoms with Gasteiger partial charge in [0, 0.05) is 23.2 Å². The van der Waals surface area contributed by atoms with E-state index in [1.54, 1.807) is 6.07 Å². The van der Waals surface area contributed by atoms with Crippen molar-refractivity contribution in [3.05, 3.63) is 68.7 Å². The minimum atomic E-state index is -0.573. The number of nitrogens with one attached hydrogen (secondary N) is 1. The molecule has 5 heteroatoms. The molecule has 0 saturated heterocycles. The highest BCUT2D eigenvalue weighted by molar-refractivity contribution is 9.10. The first-order chi connectivity index (χ1) is 9.49. The van der Waals surface area contributed by atoms with Gasteiger partial charge in [-0.2, -0.15) is 0 Å². The molecule has 20 heavy (non-hydrogen) atoms. The van der Waals surface area contributed by atoms with Crippen molar-refractivity contribution in [3.63, 3.8) is 0 Å². The third kappa shape index (κ3) is 3.57. The van der Waals surface area contributed by atoms with Crippen LogP contribution in [0.3, 0.4) is 0 Å². The van der Waals surface area contributed by atoms with Gasteiger partial charge in [0.15, 0.2) is 0 Å². The second-order valence-corrected chi connectivity index (χ2v) is 5.77. The van der Waals surface area contributed by atoms with E-state index in [0.717, 1.165) is 5.56 Å². The van der Waals surface area contributed by atoms with E-state index < -0.39 is 11.6 Å². The number of rotatable bonds is 4. The highest BCUT2D eigenvalue weighted by Crippen LogP contribution is 2.23. The zero-order chi connectivity index (χ0) is 14.7. The average Bonchev–Trinajstić information content (AvgIpc) is 2.43. The largest absolute Gasteiger partial charge is 0.306 e. The van der Waals surface area contributed by atoms with Crippen molar-refractivity contribution in [1.82, 2.24) is 5.32 Å². The lowest BCUT2D eigenvalue weighted by Gasteiger charge is -2.15. The molecule has 0 heterocycles. The molecule has 106 valence electrons. The molecule has 0 spiro atoms. The van der Waals surface area contributed by atoms with Crippen LogP contribution >= 0.6 is 27.5 Å². The summed E-state index contributed by atoms with van der Waals surface area (Å²) in [5, 5.41) is 3.73. The SMILES string of the molecule is C[C@H](NCc1c(F)ccc(Br)c1F)c1cccc(Cl)c1. The van der Waals surface area contributed by atoms with Crippen LogP contribution in [-0.2, 0) is 6.54 Å². The van der Waals surface area contributed by atoms with Gasteiger partial charge in [-0.25, -0.2) is 8.78 Å². The fourth-order valence-corrected chi connectivity index (χ4v) is 2.45. The Kier molecular flexibility index (Phi) is 5.13. The molecule has 0 bridgehead atoms. The summed E-state index contributed by atoms with van der Waals surface area (Å²) in [6.45, 7) is 2.02. The van der Waals surface area contributed by atoms with Gasteiger partial charge in [-0.3, -0.25) is 0 Å². The van der Waals surface area contributed by atoms with Crippen molar-refractivity contribution in [3.8, 4) is 0 Å². The van der Waals surface area contributed by atoms with Crippen LogP contribution in [0.1, 0.15) is 24.1 Å². The number of benzene rings is 2. The van der Waals surface area contributed by atoms with E-state index >= 15 is 0 Å². The standard InChI is InChI=1S/C15H13BrClF2N/c1-9(10-3-2-4-11(17)7-10)20-8-12-14(18)6-5-13(16)15(12)19/h2-7,9,20H,8H2,1H3/t9-/m0/s1. The molecule has 0 aromatic heterocycles. The summed E-state index contributed by atoms with van der Waals surface area (Å²) in [5.41, 5.74) is 0.988. The third-order valence-electron chi connectivity index (χ3n) is 3.07. The Morgan fingerprint density at radius 1 is 1.25 bits per heavy atom. The van der Waals surface area contributed by atoms with E-state index in [-0.39, 0.29) is 22.6 Å². The third-order valence-corrected chi connectivity index (χ3v) is 3.92. The molecule has 0 aliphatic rings. The predicted octanol–water partition coefficient (Wildman–Crippen LogP) is 5.23. The van der Waals surface area contributed by atoms with E-state index in [4.69, 9.17) is 11.6 Å². The molecule has 0 unspecified atom stereocenters. The fraction of sp³-hybridized carbons (Fsp3) is 0.200. The Balaban J connectivity index is 2.11. The Morgan fingerprint density at radius 2 is 2.00 bits per heavy atom. The lowest BCUT2D eigenvalue weighted by Crippen LogP contribution is -2.19. The maximum absolute atomic E-state index is 13.8. The molecule has 2 rings (SSSR count). The second-order valence-electron chi connectivity index (χ2n) is 4.48. The molecule has 0 amide bonds. The molecular formula is C15H13BrClF2N. The molecule has 0 saturated carbocycles. The monoisotopic (exact) mass is 359 g/mol. The predicted molar refractivity (Wildman–Crippen MR) is 80.8 cm³/mol. The molecule has 0 aliphatic heterocycles. The number of halogens is 4. The molecule has 1 N–H and O–H groups in total. The van der Waals surface area contributed by atoms with Crippen LogP contribution in [0.25, 0.3) is 0 Å². The smallest absolute Gasteiger partial charge is 0.144 e. The average molecular weight is 361 g/mol. The molecule has 0 aliphatic carbocycles. The molecule has 1 atom stereocenters. The lowest BCUT2D eigenvalue weighted by molar-refractivity contribution is 0.506. The van der Waals surface area contributed by atoms with E-state index in [1.807, 2.05) is 25.1 Å². The summed E-state index contributed by atoms with van der Waals surface area (Å²) in [4.78, 5) is 0. The van der Waals surface area contributed by atoms with E-state index in [9.17, 15) is 8.78 Å². The minimum Gasteiger partial charge on any atom is -0.306 e. The normalized spacial score (nSPS) is 12.4. The Morgan fingerprint density at radius 3 is 2.70 bits per heavy atom. The quantitative estimate of drug-likeness (QED) is 0.736. The Hall–Kier alpha value is -0.970. The van der Waals surface area contributed by atoms with Crippen LogP contribution in [0.4, 0.5) is 8.78 Å². The topological polar surface area (TPSA) is 12.0 Å². The summed E-state index contributed by atoms with van der Waals surface area (Å²) in [6.07, 6.45) is 0. The van der Waals surface area contributed by atoms with Crippen LogP contribution in [0.5, 0.6) is 0 Å². The van der Waals surface area contributed by atoms with Crippen molar-refractivity contribution in [2.75, 3.05) is 0 Å².